The molecule has 42 heavy (non-hydrogen) atoms. The van der Waals surface area contributed by atoms with E-state index in [1.807, 2.05) is 128 Å². The summed E-state index contributed by atoms with van der Waals surface area (Å²) in [5.41, 5.74) is 0. The van der Waals surface area contributed by atoms with Gasteiger partial charge in [0.2, 0.25) is 0 Å². The van der Waals surface area contributed by atoms with E-state index in [1.54, 1.807) is 0 Å². The molecule has 0 atom stereocenters. The van der Waals surface area contributed by atoms with Gasteiger partial charge >= 0.3 is 84.2 Å². The number of rotatable bonds is 10. The molecule has 0 heterocycles. The van der Waals surface area contributed by atoms with E-state index < -0.39 is 7.81 Å². The van der Waals surface area contributed by atoms with Crippen LogP contribution in [-0.4, -0.2) is 51.0 Å². The molecule has 4 aliphatic carbocycles. The Morgan fingerprint density at radius 3 is 0.690 bits per heavy atom. The Kier molecular flexibility index (Phi) is 23.1. The third-order valence-electron chi connectivity index (χ3n) is 4.43. The summed E-state index contributed by atoms with van der Waals surface area (Å²) in [7, 11) is -10.7. The normalized spacial score (nSPS) is 22.3. The quantitative estimate of drug-likeness (QED) is 0.0746. The van der Waals surface area contributed by atoms with Crippen LogP contribution in [0.3, 0.4) is 0 Å². The van der Waals surface area contributed by atoms with Gasteiger partial charge in [0, 0.05) is 48.5 Å². The molecule has 0 aromatic rings. The summed E-state index contributed by atoms with van der Waals surface area (Å²) in [4.78, 5) is 17.2. The van der Waals surface area contributed by atoms with Crippen molar-refractivity contribution in [2.24, 2.45) is 20.0 Å². The molecule has 14 heteroatoms. The molecule has 4 aliphatic rings. The molecule has 0 saturated heterocycles. The summed E-state index contributed by atoms with van der Waals surface area (Å²) >= 11 is 0. The molecule has 0 spiro atoms. The van der Waals surface area contributed by atoms with Crippen molar-refractivity contribution < 1.29 is 76.4 Å². The third-order valence-corrected chi connectivity index (χ3v) is 4.43. The summed E-state index contributed by atoms with van der Waals surface area (Å²) in [5.74, 6) is 4.61. The minimum absolute atomic E-state index is 0. The molecule has 4 nitrogen and oxygen atoms in total. The molecule has 4 rings (SSSR count). The van der Waals surface area contributed by atoms with Gasteiger partial charge in [0.25, 0.3) is 0 Å². The second-order valence-electron chi connectivity index (χ2n) is 7.97. The number of halogens is 6. The van der Waals surface area contributed by atoms with Crippen molar-refractivity contribution in [1.29, 1.82) is 0 Å². The average molecular weight is 741 g/mol. The molecular formula is C28H28CuF6Fe2N4P+4. The van der Waals surface area contributed by atoms with Crippen LogP contribution in [-0.2, 0) is 51.2 Å². The first-order chi connectivity index (χ1) is 18.3. The van der Waals surface area contributed by atoms with E-state index in [1.165, 1.54) is 0 Å². The zero-order valence-electron chi connectivity index (χ0n) is 21.9. The molecule has 20 radical (unpaired) electrons. The Labute approximate surface area is 280 Å². The second-order valence-corrected chi connectivity index (χ2v) is 9.89. The van der Waals surface area contributed by atoms with Gasteiger partial charge in [-0.25, -0.2) is 0 Å². The number of aliphatic imine (C=N–C) groups is 4. The maximum absolute atomic E-state index is 10.7. The Hall–Kier alpha value is 0.248. The minimum Gasteiger partial charge on any atom is -0.295 e. The molecule has 0 aromatic carbocycles. The van der Waals surface area contributed by atoms with Gasteiger partial charge in [-0.2, -0.15) is 0 Å². The van der Waals surface area contributed by atoms with Crippen LogP contribution in [0.4, 0.5) is 25.2 Å². The predicted molar refractivity (Wildman–Crippen MR) is 149 cm³/mol. The van der Waals surface area contributed by atoms with Gasteiger partial charge in [-0.3, -0.25) is 20.0 Å². The Morgan fingerprint density at radius 2 is 0.548 bits per heavy atom. The van der Waals surface area contributed by atoms with Crippen LogP contribution < -0.4 is 0 Å². The second kappa shape index (κ2) is 21.9. The van der Waals surface area contributed by atoms with Crippen molar-refractivity contribution >= 4 is 32.7 Å². The van der Waals surface area contributed by atoms with Crippen LogP contribution in [0.2, 0.25) is 0 Å². The standard InChI is InChI=1S/2C14H14N2.Cu.F6P.2Fe/c2*1-2-6-13(5-1)11-15-9-10-16-12-14-7-3-4-8-14;;1-7(2,3,4,5)6;;/h2*1-8,11-12H,9-10H2;;;;/q;;+1;-1;2*+2. The van der Waals surface area contributed by atoms with Crippen LogP contribution in [0, 0.1) is 126 Å². The first kappa shape index (κ1) is 44.4. The van der Waals surface area contributed by atoms with Crippen molar-refractivity contribution in [2.45, 2.75) is 0 Å². The molecule has 0 N–H and O–H groups in total. The van der Waals surface area contributed by atoms with Gasteiger partial charge in [-0.15, -0.1) is 0 Å². The van der Waals surface area contributed by atoms with Crippen molar-refractivity contribution in [3.05, 3.63) is 126 Å². The van der Waals surface area contributed by atoms with Gasteiger partial charge in [0.15, 0.2) is 0 Å². The van der Waals surface area contributed by atoms with Gasteiger partial charge in [-0.1, -0.05) is 0 Å². The largest absolute Gasteiger partial charge is 2.00 e. The van der Waals surface area contributed by atoms with E-state index in [2.05, 4.69) is 20.0 Å². The average Bonchev–Trinajstić information content (AvgIpc) is 3.66. The maximum atomic E-state index is 9.87. The fourth-order valence-electron chi connectivity index (χ4n) is 2.81. The summed E-state index contributed by atoms with van der Waals surface area (Å²) in [6.07, 6.45) is 39.9. The van der Waals surface area contributed by atoms with Gasteiger partial charge in [-0.05, 0) is 103 Å². The van der Waals surface area contributed by atoms with Crippen molar-refractivity contribution in [3.63, 3.8) is 0 Å². The van der Waals surface area contributed by atoms with Crippen LogP contribution in [0.1, 0.15) is 0 Å². The molecule has 4 fully saturated rings. The zero-order chi connectivity index (χ0) is 28.5. The van der Waals surface area contributed by atoms with Crippen LogP contribution in [0.5, 0.6) is 0 Å². The number of hydrogen-bond donors (Lipinski definition) is 0. The third kappa shape index (κ3) is 29.0. The summed E-state index contributed by atoms with van der Waals surface area (Å²) in [6, 6.07) is 0. The first-order valence-electron chi connectivity index (χ1n) is 11.8. The van der Waals surface area contributed by atoms with E-state index in [9.17, 15) is 25.2 Å². The van der Waals surface area contributed by atoms with Gasteiger partial charge < -0.3 is 0 Å². The van der Waals surface area contributed by atoms with E-state index in [4.69, 9.17) is 0 Å². The molecule has 0 aromatic heterocycles. The van der Waals surface area contributed by atoms with Crippen molar-refractivity contribution in [3.8, 4) is 0 Å². The Balaban J connectivity index is 0. The number of hydrogen-bond acceptors (Lipinski definition) is 4. The molecule has 0 amide bonds. The van der Waals surface area contributed by atoms with Crippen LogP contribution in [0.25, 0.3) is 0 Å². The molecular weight excluding hydrogens is 713 g/mol. The zero-order valence-corrected chi connectivity index (χ0v) is 25.9. The van der Waals surface area contributed by atoms with Gasteiger partial charge in [0.05, 0.1) is 26.2 Å². The molecule has 0 unspecified atom stereocenters. The summed E-state index contributed by atoms with van der Waals surface area (Å²) in [5, 5.41) is 0. The first-order valence-corrected chi connectivity index (χ1v) is 13.8. The SMILES string of the molecule is F[P-](F)(F)(F)(F)F.[CH]1[CH][CH][C](C=NCCN=C[C]2[CH][CH][CH][CH]2)[CH]1.[CH]1[CH][CH][C](C=NCCN=C[C]2[CH][CH][CH][CH]2)[CH]1.[Cu+].[Fe+2].[Fe+2]. The molecule has 230 valence electrons. The minimum atomic E-state index is -10.7. The summed E-state index contributed by atoms with van der Waals surface area (Å²) in [6.45, 7) is 2.95. The smallest absolute Gasteiger partial charge is 0.295 e. The number of nitrogens with zero attached hydrogens (tertiary/aromatic N) is 4. The fraction of sp³-hybridized carbons (Fsp3) is 0.143. The fourth-order valence-corrected chi connectivity index (χ4v) is 2.81. The van der Waals surface area contributed by atoms with Crippen LogP contribution >= 0.6 is 7.81 Å². The van der Waals surface area contributed by atoms with Crippen molar-refractivity contribution in [2.75, 3.05) is 26.2 Å². The summed E-state index contributed by atoms with van der Waals surface area (Å²) < 4.78 is 59.2. The Morgan fingerprint density at radius 1 is 0.405 bits per heavy atom. The molecule has 4 saturated carbocycles. The van der Waals surface area contributed by atoms with Crippen LogP contribution in [0.15, 0.2) is 20.0 Å². The molecule has 0 bridgehead atoms. The van der Waals surface area contributed by atoms with Crippen molar-refractivity contribution in [1.82, 2.24) is 0 Å². The van der Waals surface area contributed by atoms with E-state index >= 15 is 0 Å². The maximum Gasteiger partial charge on any atom is 2.00 e. The topological polar surface area (TPSA) is 49.4 Å². The van der Waals surface area contributed by atoms with E-state index in [-0.39, 0.29) is 51.2 Å². The monoisotopic (exact) mass is 740 g/mol. The van der Waals surface area contributed by atoms with E-state index in [0.717, 1.165) is 49.9 Å². The molecule has 0 aliphatic heterocycles. The van der Waals surface area contributed by atoms with E-state index in [0.29, 0.717) is 0 Å². The Bertz CT molecular complexity index is 677. The van der Waals surface area contributed by atoms with Gasteiger partial charge in [0.1, 0.15) is 0 Å². The predicted octanol–water partition coefficient (Wildman–Crippen LogP) is 7.25.